The summed E-state index contributed by atoms with van der Waals surface area (Å²) in [6.07, 6.45) is 0.284. The number of carbonyl (C=O) groups is 2. The van der Waals surface area contributed by atoms with Gasteiger partial charge in [0.05, 0.1) is 0 Å². The Morgan fingerprint density at radius 1 is 1.38 bits per heavy atom. The van der Waals surface area contributed by atoms with Crippen LogP contribution in [0.5, 0.6) is 0 Å². The van der Waals surface area contributed by atoms with Gasteiger partial charge in [-0.3, -0.25) is 4.79 Å². The molecule has 0 saturated carbocycles. The Bertz CT molecular complexity index is 451. The molecule has 0 aromatic carbocycles. The van der Waals surface area contributed by atoms with Crippen LogP contribution in [-0.2, 0) is 9.47 Å². The molecule has 1 heterocycles. The zero-order valence-electron chi connectivity index (χ0n) is 13.0. The second kappa shape index (κ2) is 8.14. The quantitative estimate of drug-likeness (QED) is 0.785. The summed E-state index contributed by atoms with van der Waals surface area (Å²) in [6, 6.07) is 1.49. The number of alkyl carbamates (subject to hydrolysis) is 1. The zero-order valence-corrected chi connectivity index (χ0v) is 13.8. The maximum atomic E-state index is 12.1. The molecule has 1 aromatic rings. The minimum absolute atomic E-state index is 0.00779. The highest BCUT2D eigenvalue weighted by molar-refractivity contribution is 7.08. The van der Waals surface area contributed by atoms with Crippen LogP contribution in [0.4, 0.5) is 4.79 Å². The molecule has 1 rings (SSSR count). The largest absolute Gasteiger partial charge is 0.444 e. The molecule has 0 aliphatic heterocycles. The standard InChI is InChI=1S/C15H23NO4S/c1-15(2,3)20-14(18)16-12(5-7-19-4)9-13(17)11-6-8-21-10-11/h6,8,10,12H,5,7,9H2,1-4H3,(H,16,18). The molecule has 0 fully saturated rings. The number of nitrogens with one attached hydrogen (secondary N) is 1. The third-order valence-electron chi connectivity index (χ3n) is 2.67. The molecule has 6 heteroatoms. The predicted molar refractivity (Wildman–Crippen MR) is 82.9 cm³/mol. The average Bonchev–Trinajstić information content (AvgIpc) is 2.87. The Labute approximate surface area is 129 Å². The first kappa shape index (κ1) is 17.7. The Morgan fingerprint density at radius 3 is 2.62 bits per heavy atom. The third kappa shape index (κ3) is 7.24. The Balaban J connectivity index is 2.58. The second-order valence-electron chi connectivity index (χ2n) is 5.76. The van der Waals surface area contributed by atoms with Gasteiger partial charge in [0.25, 0.3) is 0 Å². The Kier molecular flexibility index (Phi) is 6.84. The van der Waals surface area contributed by atoms with Gasteiger partial charge in [-0.15, -0.1) is 0 Å². The second-order valence-corrected chi connectivity index (χ2v) is 6.54. The van der Waals surface area contributed by atoms with Crippen molar-refractivity contribution in [2.45, 2.75) is 45.3 Å². The molecule has 1 N–H and O–H groups in total. The molecule has 0 spiro atoms. The molecule has 5 nitrogen and oxygen atoms in total. The fourth-order valence-corrected chi connectivity index (χ4v) is 2.38. The van der Waals surface area contributed by atoms with Crippen molar-refractivity contribution < 1.29 is 19.1 Å². The van der Waals surface area contributed by atoms with Crippen molar-refractivity contribution in [2.24, 2.45) is 0 Å². The normalized spacial score (nSPS) is 12.8. The van der Waals surface area contributed by atoms with Crippen LogP contribution in [0.3, 0.4) is 0 Å². The van der Waals surface area contributed by atoms with Crippen LogP contribution in [-0.4, -0.2) is 37.2 Å². The number of carbonyl (C=O) groups excluding carboxylic acids is 2. The smallest absolute Gasteiger partial charge is 0.407 e. The van der Waals surface area contributed by atoms with Crippen LogP contribution in [0.2, 0.25) is 0 Å². The van der Waals surface area contributed by atoms with Crippen molar-refractivity contribution in [3.05, 3.63) is 22.4 Å². The van der Waals surface area contributed by atoms with E-state index in [1.807, 2.05) is 10.8 Å². The average molecular weight is 313 g/mol. The SMILES string of the molecule is COCCC(CC(=O)c1ccsc1)NC(=O)OC(C)(C)C. The number of amides is 1. The van der Waals surface area contributed by atoms with Crippen LogP contribution >= 0.6 is 11.3 Å². The number of Topliss-reactive ketones (excluding diaryl/α,β-unsaturated/α-hetero) is 1. The van der Waals surface area contributed by atoms with Gasteiger partial charge in [0, 0.05) is 37.1 Å². The van der Waals surface area contributed by atoms with E-state index in [1.54, 1.807) is 33.9 Å². The van der Waals surface area contributed by atoms with E-state index in [-0.39, 0.29) is 18.2 Å². The summed E-state index contributed by atoms with van der Waals surface area (Å²) in [4.78, 5) is 23.9. The van der Waals surface area contributed by atoms with E-state index in [0.717, 1.165) is 0 Å². The first-order chi connectivity index (χ1) is 9.81. The van der Waals surface area contributed by atoms with Crippen LogP contribution in [0.1, 0.15) is 44.0 Å². The van der Waals surface area contributed by atoms with Gasteiger partial charge in [-0.1, -0.05) is 0 Å². The summed E-state index contributed by atoms with van der Waals surface area (Å²) >= 11 is 1.48. The van der Waals surface area contributed by atoms with Gasteiger partial charge >= 0.3 is 6.09 Å². The summed E-state index contributed by atoms with van der Waals surface area (Å²) in [5.74, 6) is 0.00779. The fraction of sp³-hybridized carbons (Fsp3) is 0.600. The van der Waals surface area contributed by atoms with Gasteiger partial charge in [0.2, 0.25) is 0 Å². The zero-order chi connectivity index (χ0) is 15.9. The van der Waals surface area contributed by atoms with E-state index in [9.17, 15) is 9.59 Å². The first-order valence-electron chi connectivity index (χ1n) is 6.85. The van der Waals surface area contributed by atoms with Crippen molar-refractivity contribution in [1.82, 2.24) is 5.32 Å². The maximum Gasteiger partial charge on any atom is 0.407 e. The van der Waals surface area contributed by atoms with E-state index in [4.69, 9.17) is 9.47 Å². The van der Waals surface area contributed by atoms with Gasteiger partial charge in [-0.25, -0.2) is 4.79 Å². The van der Waals surface area contributed by atoms with Crippen molar-refractivity contribution in [1.29, 1.82) is 0 Å². The van der Waals surface area contributed by atoms with Crippen molar-refractivity contribution in [2.75, 3.05) is 13.7 Å². The molecule has 1 amide bonds. The Hall–Kier alpha value is -1.40. The summed E-state index contributed by atoms with van der Waals surface area (Å²) < 4.78 is 10.2. The summed E-state index contributed by atoms with van der Waals surface area (Å²) in [7, 11) is 1.59. The number of ketones is 1. The van der Waals surface area contributed by atoms with Crippen LogP contribution in [0.25, 0.3) is 0 Å². The monoisotopic (exact) mass is 313 g/mol. The van der Waals surface area contributed by atoms with Crippen molar-refractivity contribution >= 4 is 23.2 Å². The summed E-state index contributed by atoms with van der Waals surface area (Å²) in [5, 5.41) is 6.41. The molecule has 0 aliphatic carbocycles. The molecule has 1 aromatic heterocycles. The van der Waals surface area contributed by atoms with E-state index < -0.39 is 11.7 Å². The van der Waals surface area contributed by atoms with E-state index in [1.165, 1.54) is 11.3 Å². The maximum absolute atomic E-state index is 12.1. The lowest BCUT2D eigenvalue weighted by atomic mass is 10.0. The van der Waals surface area contributed by atoms with E-state index in [0.29, 0.717) is 18.6 Å². The number of thiophene rings is 1. The predicted octanol–water partition coefficient (Wildman–Crippen LogP) is 3.25. The number of hydrogen-bond donors (Lipinski definition) is 1. The minimum Gasteiger partial charge on any atom is -0.444 e. The van der Waals surface area contributed by atoms with E-state index in [2.05, 4.69) is 5.32 Å². The molecule has 1 atom stereocenters. The number of hydrogen-bond acceptors (Lipinski definition) is 5. The minimum atomic E-state index is -0.562. The fourth-order valence-electron chi connectivity index (χ4n) is 1.72. The highest BCUT2D eigenvalue weighted by Gasteiger charge is 2.21. The van der Waals surface area contributed by atoms with Crippen LogP contribution < -0.4 is 5.32 Å². The highest BCUT2D eigenvalue weighted by atomic mass is 32.1. The summed E-state index contributed by atoms with van der Waals surface area (Å²) in [6.45, 7) is 5.87. The Morgan fingerprint density at radius 2 is 2.10 bits per heavy atom. The van der Waals surface area contributed by atoms with E-state index >= 15 is 0 Å². The molecule has 1 unspecified atom stereocenters. The van der Waals surface area contributed by atoms with Gasteiger partial charge in [-0.05, 0) is 38.6 Å². The van der Waals surface area contributed by atoms with Crippen molar-refractivity contribution in [3.8, 4) is 0 Å². The first-order valence-corrected chi connectivity index (χ1v) is 7.80. The van der Waals surface area contributed by atoms with Crippen LogP contribution in [0.15, 0.2) is 16.8 Å². The van der Waals surface area contributed by atoms with Crippen molar-refractivity contribution in [3.63, 3.8) is 0 Å². The molecule has 0 aliphatic rings. The molecular formula is C15H23NO4S. The van der Waals surface area contributed by atoms with Gasteiger partial charge in [0.1, 0.15) is 5.60 Å². The number of methoxy groups -OCH3 is 1. The number of ether oxygens (including phenoxy) is 2. The van der Waals surface area contributed by atoms with Gasteiger partial charge in [0.15, 0.2) is 5.78 Å². The molecule has 0 bridgehead atoms. The topological polar surface area (TPSA) is 64.6 Å². The molecule has 118 valence electrons. The summed E-state index contributed by atoms with van der Waals surface area (Å²) in [5.41, 5.74) is 0.112. The molecule has 21 heavy (non-hydrogen) atoms. The van der Waals surface area contributed by atoms with Gasteiger partial charge in [-0.2, -0.15) is 11.3 Å². The lowest BCUT2D eigenvalue weighted by Crippen LogP contribution is -2.40. The van der Waals surface area contributed by atoms with Crippen LogP contribution in [0, 0.1) is 0 Å². The lowest BCUT2D eigenvalue weighted by Gasteiger charge is -2.23. The highest BCUT2D eigenvalue weighted by Crippen LogP contribution is 2.13. The van der Waals surface area contributed by atoms with Gasteiger partial charge < -0.3 is 14.8 Å². The lowest BCUT2D eigenvalue weighted by molar-refractivity contribution is 0.0490. The third-order valence-corrected chi connectivity index (χ3v) is 3.35. The molecule has 0 saturated heterocycles. The molecular weight excluding hydrogens is 290 g/mol. The molecule has 0 radical (unpaired) electrons. The number of rotatable bonds is 7.